The fraction of sp³-hybridized carbons (Fsp3) is 0. The van der Waals surface area contributed by atoms with Crippen molar-refractivity contribution in [3.63, 3.8) is 0 Å². The van der Waals surface area contributed by atoms with Crippen LogP contribution in [0.25, 0.3) is 23.3 Å². The second-order valence-corrected chi connectivity index (χ2v) is 8.46. The van der Waals surface area contributed by atoms with Gasteiger partial charge >= 0.3 is 0 Å². The zero-order valence-corrected chi connectivity index (χ0v) is 20.0. The zero-order valence-electron chi connectivity index (χ0n) is 20.0. The predicted molar refractivity (Wildman–Crippen MR) is 145 cm³/mol. The fourth-order valence-electron chi connectivity index (χ4n) is 4.11. The van der Waals surface area contributed by atoms with E-state index in [2.05, 4.69) is 21.7 Å². The van der Waals surface area contributed by atoms with Crippen LogP contribution in [-0.4, -0.2) is 23.4 Å². The Morgan fingerprint density at radius 1 is 0.526 bits per heavy atom. The largest absolute Gasteiger partial charge is 0.305 e. The van der Waals surface area contributed by atoms with E-state index in [0.717, 1.165) is 22.3 Å². The third-order valence-corrected chi connectivity index (χ3v) is 6.08. The molecule has 2 aliphatic carbocycles. The number of carbonyl (C=O) groups is 4. The van der Waals surface area contributed by atoms with Crippen LogP contribution < -0.4 is 21.7 Å². The molecule has 38 heavy (non-hydrogen) atoms. The van der Waals surface area contributed by atoms with Gasteiger partial charge in [-0.3, -0.25) is 30.0 Å². The lowest BCUT2D eigenvalue weighted by atomic mass is 9.92. The van der Waals surface area contributed by atoms with Gasteiger partial charge < -0.3 is 10.9 Å². The van der Waals surface area contributed by atoms with Crippen LogP contribution in [-0.2, 0) is 9.59 Å². The molecule has 0 unspecified atom stereocenters. The molecule has 0 heterocycles. The average molecular weight is 503 g/mol. The summed E-state index contributed by atoms with van der Waals surface area (Å²) in [4.78, 5) is 49.6. The Hall–Kier alpha value is -5.50. The highest BCUT2D eigenvalue weighted by molar-refractivity contribution is 6.30. The van der Waals surface area contributed by atoms with Gasteiger partial charge in [0.2, 0.25) is 0 Å². The van der Waals surface area contributed by atoms with Gasteiger partial charge in [0.15, 0.2) is 11.6 Å². The molecule has 0 aliphatic heterocycles. The summed E-state index contributed by atoms with van der Waals surface area (Å²) in [5.74, 6) is -1.21. The van der Waals surface area contributed by atoms with Gasteiger partial charge in [0.05, 0.1) is 0 Å². The fourth-order valence-corrected chi connectivity index (χ4v) is 4.11. The van der Waals surface area contributed by atoms with E-state index in [1.165, 1.54) is 48.8 Å². The predicted octanol–water partition coefficient (Wildman–Crippen LogP) is 3.43. The highest BCUT2D eigenvalue weighted by Crippen LogP contribution is 2.26. The van der Waals surface area contributed by atoms with Crippen molar-refractivity contribution in [2.24, 2.45) is 0 Å². The quantitative estimate of drug-likeness (QED) is 0.303. The number of ketones is 2. The maximum atomic E-state index is 12.5. The van der Waals surface area contributed by atoms with E-state index in [1.807, 2.05) is 48.5 Å². The summed E-state index contributed by atoms with van der Waals surface area (Å²) in [6, 6.07) is 21.0. The van der Waals surface area contributed by atoms with Crippen LogP contribution in [0.15, 0.2) is 97.3 Å². The first kappa shape index (κ1) is 24.2. The van der Waals surface area contributed by atoms with Gasteiger partial charge in [0.1, 0.15) is 0 Å². The second-order valence-electron chi connectivity index (χ2n) is 8.46. The minimum absolute atomic E-state index is 0.168. The molecule has 0 fully saturated rings. The van der Waals surface area contributed by atoms with E-state index < -0.39 is 11.8 Å². The molecule has 0 saturated heterocycles. The van der Waals surface area contributed by atoms with Crippen LogP contribution in [0.4, 0.5) is 0 Å². The van der Waals surface area contributed by atoms with Crippen molar-refractivity contribution in [3.05, 3.63) is 131 Å². The number of allylic oxidation sites excluding steroid dienone is 4. The van der Waals surface area contributed by atoms with E-state index in [-0.39, 0.29) is 11.6 Å². The summed E-state index contributed by atoms with van der Waals surface area (Å²) in [6.07, 6.45) is 9.38. The number of rotatable bonds is 6. The van der Waals surface area contributed by atoms with Crippen LogP contribution in [0.2, 0.25) is 0 Å². The number of hydrogen-bond acceptors (Lipinski definition) is 6. The van der Waals surface area contributed by atoms with Crippen molar-refractivity contribution in [3.8, 4) is 0 Å². The molecule has 0 saturated carbocycles. The minimum atomic E-state index is -0.439. The lowest BCUT2D eigenvalue weighted by Gasteiger charge is -2.14. The summed E-state index contributed by atoms with van der Waals surface area (Å²) in [6.45, 7) is 0. The van der Waals surface area contributed by atoms with Gasteiger partial charge in [0, 0.05) is 34.7 Å². The molecular formula is C30H22N4O4. The summed E-state index contributed by atoms with van der Waals surface area (Å²) in [5, 5.41) is 0. The van der Waals surface area contributed by atoms with Crippen LogP contribution in [0.3, 0.4) is 0 Å². The summed E-state index contributed by atoms with van der Waals surface area (Å²) >= 11 is 0. The van der Waals surface area contributed by atoms with Crippen molar-refractivity contribution in [2.75, 3.05) is 0 Å². The Bertz CT molecular complexity index is 1460. The van der Waals surface area contributed by atoms with Crippen molar-refractivity contribution in [2.45, 2.75) is 0 Å². The van der Waals surface area contributed by atoms with E-state index in [0.29, 0.717) is 22.3 Å². The van der Waals surface area contributed by atoms with E-state index in [1.54, 1.807) is 12.2 Å². The zero-order chi connectivity index (χ0) is 26.5. The minimum Gasteiger partial charge on any atom is -0.305 e. The topological polar surface area (TPSA) is 116 Å². The van der Waals surface area contributed by atoms with Gasteiger partial charge in [-0.15, -0.1) is 0 Å². The van der Waals surface area contributed by atoms with Gasteiger partial charge in [-0.25, -0.2) is 0 Å². The number of nitrogens with one attached hydrogen (secondary N) is 4. The molecule has 3 aromatic carbocycles. The van der Waals surface area contributed by atoms with Gasteiger partial charge in [-0.2, -0.15) is 0 Å². The van der Waals surface area contributed by atoms with E-state index >= 15 is 0 Å². The molecule has 4 N–H and O–H groups in total. The first-order chi connectivity index (χ1) is 18.5. The molecular weight excluding hydrogens is 480 g/mol. The molecule has 0 aromatic heterocycles. The lowest BCUT2D eigenvalue weighted by Crippen LogP contribution is -2.35. The Morgan fingerprint density at radius 2 is 0.921 bits per heavy atom. The van der Waals surface area contributed by atoms with Gasteiger partial charge in [-0.05, 0) is 58.7 Å². The maximum Gasteiger partial charge on any atom is 0.269 e. The maximum absolute atomic E-state index is 12.5. The molecule has 186 valence electrons. The summed E-state index contributed by atoms with van der Waals surface area (Å²) < 4.78 is 0. The van der Waals surface area contributed by atoms with Gasteiger partial charge in [0.25, 0.3) is 11.8 Å². The van der Waals surface area contributed by atoms with Crippen LogP contribution in [0, 0.1) is 0 Å². The number of amides is 2. The third-order valence-electron chi connectivity index (χ3n) is 6.08. The standard InChI is InChI=1S/C30H22N4O4/c35-27-15-13-19-5-1-3-7-23(19)25(27)17-31-33-29(37)21-9-11-22(12-10-21)30(38)34-32-18-26-24-8-4-2-6-20(24)14-16-28(26)36/h1-18,31-32H,(H,33,37)(H,34,38). The molecule has 0 atom stereocenters. The summed E-state index contributed by atoms with van der Waals surface area (Å²) in [7, 11) is 0. The Balaban J connectivity index is 1.17. The molecule has 0 radical (unpaired) electrons. The first-order valence-corrected chi connectivity index (χ1v) is 11.8. The Kier molecular flexibility index (Phi) is 6.77. The Labute approximate surface area is 218 Å². The number of benzene rings is 3. The number of hydrazine groups is 2. The lowest BCUT2D eigenvalue weighted by molar-refractivity contribution is -0.110. The molecule has 0 spiro atoms. The molecule has 3 aromatic rings. The molecule has 2 amide bonds. The van der Waals surface area contributed by atoms with E-state index in [4.69, 9.17) is 0 Å². The first-order valence-electron chi connectivity index (χ1n) is 11.8. The number of carbonyl (C=O) groups excluding carboxylic acids is 4. The SMILES string of the molecule is O=C1C=Cc2ccccc2C1=CNNC(=O)c1ccc(C(=O)NNC=C2C(=O)C=Cc3ccccc32)cc1. The van der Waals surface area contributed by atoms with Crippen molar-refractivity contribution >= 4 is 46.7 Å². The molecule has 5 rings (SSSR count). The van der Waals surface area contributed by atoms with Crippen molar-refractivity contribution < 1.29 is 19.2 Å². The van der Waals surface area contributed by atoms with E-state index in [9.17, 15) is 19.2 Å². The van der Waals surface area contributed by atoms with Crippen LogP contribution in [0.5, 0.6) is 0 Å². The highest BCUT2D eigenvalue weighted by Gasteiger charge is 2.18. The molecule has 2 aliphatic rings. The van der Waals surface area contributed by atoms with Crippen molar-refractivity contribution in [1.29, 1.82) is 0 Å². The monoisotopic (exact) mass is 502 g/mol. The van der Waals surface area contributed by atoms with Crippen LogP contribution in [0.1, 0.15) is 43.0 Å². The molecule has 8 nitrogen and oxygen atoms in total. The second kappa shape index (κ2) is 10.6. The average Bonchev–Trinajstić information content (AvgIpc) is 2.95. The molecule has 8 heteroatoms. The van der Waals surface area contributed by atoms with Crippen molar-refractivity contribution in [1.82, 2.24) is 21.7 Å². The third kappa shape index (κ3) is 5.05. The Morgan fingerprint density at radius 3 is 1.34 bits per heavy atom. The molecule has 0 bridgehead atoms. The van der Waals surface area contributed by atoms with Gasteiger partial charge in [-0.1, -0.05) is 60.7 Å². The summed E-state index contributed by atoms with van der Waals surface area (Å²) in [5.41, 5.74) is 15.3. The van der Waals surface area contributed by atoms with Crippen LogP contribution >= 0.6 is 0 Å². The smallest absolute Gasteiger partial charge is 0.269 e. The normalized spacial score (nSPS) is 15.6. The number of hydrogen-bond donors (Lipinski definition) is 4. The highest BCUT2D eigenvalue weighted by atomic mass is 16.2. The number of fused-ring (bicyclic) bond motifs is 2.